The molecule has 3 aromatic rings. The first-order valence-electron chi connectivity index (χ1n) is 47.1. The SMILES string of the molecule is CCCCCCCCCCCCOc1cc(N(c2cc(OCCCCCCCCCCCC)c(OCCCCCCCCCCCC)c(OCCCCCCCCCCCC)c2)c2nc(NCCCC)nc(NCCCC)n2)cc(OCCCCCCCCCCCC)c1OCCCCCCCCCCCC. The van der Waals surface area contributed by atoms with Crippen LogP contribution < -0.4 is 44.0 Å². The van der Waals surface area contributed by atoms with E-state index in [9.17, 15) is 0 Å². The van der Waals surface area contributed by atoms with Crippen LogP contribution in [0.15, 0.2) is 24.3 Å². The summed E-state index contributed by atoms with van der Waals surface area (Å²) < 4.78 is 43.0. The molecule has 0 bridgehead atoms. The number of benzene rings is 2. The van der Waals surface area contributed by atoms with Gasteiger partial charge in [-0.15, -0.1) is 0 Å². The average molecular weight is 1500 g/mol. The second-order valence-electron chi connectivity index (χ2n) is 31.9. The number of anilines is 5. The number of hydrogen-bond acceptors (Lipinski definition) is 12. The fourth-order valence-corrected chi connectivity index (χ4v) is 14.5. The van der Waals surface area contributed by atoms with E-state index in [0.717, 1.165) is 127 Å². The third-order valence-electron chi connectivity index (χ3n) is 21.5. The molecule has 1 aromatic heterocycles. The van der Waals surface area contributed by atoms with E-state index >= 15 is 0 Å². The Balaban J connectivity index is 2.36. The number of nitrogens with zero attached hydrogens (tertiary/aromatic N) is 4. The molecular formula is C95H174N6O6. The van der Waals surface area contributed by atoms with E-state index in [2.05, 4.69) is 95.2 Å². The number of nitrogens with one attached hydrogen (secondary N) is 2. The molecule has 0 aliphatic rings. The maximum Gasteiger partial charge on any atom is 0.241 e. The minimum absolute atomic E-state index is 0.471. The van der Waals surface area contributed by atoms with E-state index in [1.807, 2.05) is 0 Å². The van der Waals surface area contributed by atoms with Gasteiger partial charge in [0.2, 0.25) is 29.3 Å². The highest BCUT2D eigenvalue weighted by molar-refractivity contribution is 5.80. The molecule has 12 heteroatoms. The number of unbranched alkanes of at least 4 members (excludes halogenated alkanes) is 56. The van der Waals surface area contributed by atoms with Crippen molar-refractivity contribution in [2.45, 2.75) is 466 Å². The van der Waals surface area contributed by atoms with Crippen molar-refractivity contribution >= 4 is 29.2 Å². The summed E-state index contributed by atoms with van der Waals surface area (Å²) in [7, 11) is 0. The zero-order valence-corrected chi connectivity index (χ0v) is 72.0. The van der Waals surface area contributed by atoms with Crippen molar-refractivity contribution in [2.75, 3.05) is 68.3 Å². The number of aromatic nitrogens is 3. The van der Waals surface area contributed by atoms with Crippen LogP contribution in [0, 0.1) is 0 Å². The normalized spacial score (nSPS) is 11.4. The molecule has 3 rings (SSSR count). The minimum atomic E-state index is 0.471. The maximum absolute atomic E-state index is 7.19. The lowest BCUT2D eigenvalue weighted by Crippen LogP contribution is -2.19. The van der Waals surface area contributed by atoms with Gasteiger partial charge in [-0.3, -0.25) is 4.90 Å². The van der Waals surface area contributed by atoms with Gasteiger partial charge in [0.25, 0.3) is 0 Å². The molecule has 0 amide bonds. The van der Waals surface area contributed by atoms with Gasteiger partial charge in [-0.05, 0) is 51.4 Å². The van der Waals surface area contributed by atoms with Gasteiger partial charge in [-0.2, -0.15) is 15.0 Å². The Morgan fingerprint density at radius 1 is 0.215 bits per heavy atom. The van der Waals surface area contributed by atoms with Crippen molar-refractivity contribution in [3.8, 4) is 34.5 Å². The molecule has 12 nitrogen and oxygen atoms in total. The standard InChI is InChI=1S/C95H174N6O6/c1-9-17-25-31-37-43-49-55-61-67-75-102-87-81-85(82-88(103-76-68-62-56-50-44-38-32-26-18-10-2)91(87)106-79-71-65-59-53-47-41-35-29-21-13-5)101(95-99-93(96-73-23-15-7)98-94(100-95)97-74-24-16-8)86-83-89(104-77-69-63-57-51-45-39-33-27-19-11-3)92(107-80-72-66-60-54-48-42-36-30-22-14-6)90(84-86)105-78-70-64-58-52-46-40-34-28-20-12-4/h81-84H,9-80H2,1-8H3,(H2,96,97,98,99,100). The Bertz CT molecular complexity index is 2160. The Morgan fingerprint density at radius 2 is 0.393 bits per heavy atom. The molecular weight excluding hydrogens is 1320 g/mol. The monoisotopic (exact) mass is 1500 g/mol. The van der Waals surface area contributed by atoms with Crippen LogP contribution in [0.4, 0.5) is 29.2 Å². The van der Waals surface area contributed by atoms with Gasteiger partial charge < -0.3 is 39.1 Å². The van der Waals surface area contributed by atoms with Crippen molar-refractivity contribution in [1.29, 1.82) is 0 Å². The highest BCUT2D eigenvalue weighted by Gasteiger charge is 2.28. The average Bonchev–Trinajstić information content (AvgIpc) is 0.770. The van der Waals surface area contributed by atoms with Gasteiger partial charge in [-0.25, -0.2) is 0 Å². The number of ether oxygens (including phenoxy) is 6. The van der Waals surface area contributed by atoms with Crippen molar-refractivity contribution in [2.24, 2.45) is 0 Å². The zero-order valence-electron chi connectivity index (χ0n) is 72.0. The maximum atomic E-state index is 7.19. The lowest BCUT2D eigenvalue weighted by molar-refractivity contribution is 0.234. The molecule has 0 atom stereocenters. The Morgan fingerprint density at radius 3 is 0.589 bits per heavy atom. The summed E-state index contributed by atoms with van der Waals surface area (Å²) >= 11 is 0. The molecule has 0 radical (unpaired) electrons. The predicted molar refractivity (Wildman–Crippen MR) is 465 cm³/mol. The molecule has 0 fully saturated rings. The largest absolute Gasteiger partial charge is 0.489 e. The zero-order chi connectivity index (χ0) is 76.4. The van der Waals surface area contributed by atoms with Crippen molar-refractivity contribution in [3.63, 3.8) is 0 Å². The second kappa shape index (κ2) is 73.1. The molecule has 1 heterocycles. The molecule has 2 N–H and O–H groups in total. The van der Waals surface area contributed by atoms with E-state index in [4.69, 9.17) is 43.4 Å². The molecule has 0 spiro atoms. The van der Waals surface area contributed by atoms with Gasteiger partial charge >= 0.3 is 0 Å². The van der Waals surface area contributed by atoms with Gasteiger partial charge in [0, 0.05) is 37.4 Å². The topological polar surface area (TPSA) is 121 Å². The summed E-state index contributed by atoms with van der Waals surface area (Å²) in [6, 6.07) is 8.72. The van der Waals surface area contributed by atoms with E-state index in [1.54, 1.807) is 0 Å². The van der Waals surface area contributed by atoms with Gasteiger partial charge in [0.1, 0.15) is 0 Å². The molecule has 107 heavy (non-hydrogen) atoms. The quantitative estimate of drug-likeness (QED) is 0.0523. The van der Waals surface area contributed by atoms with Crippen molar-refractivity contribution < 1.29 is 28.4 Å². The summed E-state index contributed by atoms with van der Waals surface area (Å²) in [6.07, 6.45) is 79.7. The fourth-order valence-electron chi connectivity index (χ4n) is 14.5. The summed E-state index contributed by atoms with van der Waals surface area (Å²) in [4.78, 5) is 18.1. The smallest absolute Gasteiger partial charge is 0.241 e. The second-order valence-corrected chi connectivity index (χ2v) is 31.9. The first kappa shape index (κ1) is 96.8. The van der Waals surface area contributed by atoms with Crippen LogP contribution in [0.25, 0.3) is 0 Å². The van der Waals surface area contributed by atoms with Crippen LogP contribution in [0.5, 0.6) is 34.5 Å². The summed E-state index contributed by atoms with van der Waals surface area (Å²) in [5.74, 6) is 5.69. The van der Waals surface area contributed by atoms with Crippen LogP contribution in [0.2, 0.25) is 0 Å². The van der Waals surface area contributed by atoms with Crippen LogP contribution in [-0.4, -0.2) is 67.7 Å². The molecule has 0 aliphatic carbocycles. The third-order valence-corrected chi connectivity index (χ3v) is 21.5. The molecule has 620 valence electrons. The van der Waals surface area contributed by atoms with Crippen LogP contribution in [0.3, 0.4) is 0 Å². The van der Waals surface area contributed by atoms with Crippen LogP contribution in [0.1, 0.15) is 466 Å². The first-order chi connectivity index (χ1) is 53.0. The fraction of sp³-hybridized carbons (Fsp3) is 0.842. The van der Waals surface area contributed by atoms with E-state index in [1.165, 1.54) is 308 Å². The first-order valence-corrected chi connectivity index (χ1v) is 47.1. The Kier molecular flexibility index (Phi) is 66.2. The summed E-state index contributed by atoms with van der Waals surface area (Å²) in [5.41, 5.74) is 1.61. The minimum Gasteiger partial charge on any atom is -0.489 e. The van der Waals surface area contributed by atoms with Crippen LogP contribution in [-0.2, 0) is 0 Å². The summed E-state index contributed by atoms with van der Waals surface area (Å²) in [5, 5.41) is 7.27. The van der Waals surface area contributed by atoms with Gasteiger partial charge in [0.15, 0.2) is 23.0 Å². The van der Waals surface area contributed by atoms with Crippen LogP contribution >= 0.6 is 0 Å². The van der Waals surface area contributed by atoms with E-state index in [0.29, 0.717) is 92.0 Å². The predicted octanol–water partition coefficient (Wildman–Crippen LogP) is 31.6. The molecule has 0 unspecified atom stereocenters. The Labute approximate surface area is 662 Å². The van der Waals surface area contributed by atoms with Crippen molar-refractivity contribution in [3.05, 3.63) is 24.3 Å². The number of rotatable bonds is 83. The van der Waals surface area contributed by atoms with Crippen molar-refractivity contribution in [1.82, 2.24) is 15.0 Å². The molecule has 2 aromatic carbocycles. The highest BCUT2D eigenvalue weighted by Crippen LogP contribution is 2.49. The summed E-state index contributed by atoms with van der Waals surface area (Å²) in [6.45, 7) is 23.3. The lowest BCUT2D eigenvalue weighted by atomic mass is 10.1. The van der Waals surface area contributed by atoms with Gasteiger partial charge in [0.05, 0.1) is 51.0 Å². The molecule has 0 saturated heterocycles. The number of hydrogen-bond donors (Lipinski definition) is 2. The third kappa shape index (κ3) is 51.8. The van der Waals surface area contributed by atoms with E-state index < -0.39 is 0 Å². The van der Waals surface area contributed by atoms with Gasteiger partial charge in [-0.1, -0.05) is 415 Å². The molecule has 0 saturated carbocycles. The van der Waals surface area contributed by atoms with E-state index in [-0.39, 0.29) is 0 Å². The highest BCUT2D eigenvalue weighted by atomic mass is 16.5. The molecule has 0 aliphatic heterocycles. The Hall–Kier alpha value is -4.35. The lowest BCUT2D eigenvalue weighted by Gasteiger charge is -2.28.